The first-order valence-electron chi connectivity index (χ1n) is 7.57. The lowest BCUT2D eigenvalue weighted by atomic mass is 10.2. The van der Waals surface area contributed by atoms with E-state index in [1.807, 2.05) is 0 Å². The number of aryl methyl sites for hydroxylation is 2. The van der Waals surface area contributed by atoms with Crippen molar-refractivity contribution in [3.8, 4) is 0 Å². The third kappa shape index (κ3) is 2.86. The van der Waals surface area contributed by atoms with Crippen molar-refractivity contribution in [1.82, 2.24) is 14.5 Å². The highest BCUT2D eigenvalue weighted by atomic mass is 32.1. The molecule has 1 fully saturated rings. The molecule has 1 aliphatic rings. The van der Waals surface area contributed by atoms with Crippen LogP contribution in [0.15, 0.2) is 18.2 Å². The van der Waals surface area contributed by atoms with Gasteiger partial charge >= 0.3 is 0 Å². The Labute approximate surface area is 126 Å². The van der Waals surface area contributed by atoms with Crippen molar-refractivity contribution < 1.29 is 0 Å². The van der Waals surface area contributed by atoms with Gasteiger partial charge in [-0.15, -0.1) is 0 Å². The number of hydrogen-bond acceptors (Lipinski definition) is 3. The van der Waals surface area contributed by atoms with E-state index in [2.05, 4.69) is 47.2 Å². The van der Waals surface area contributed by atoms with Crippen LogP contribution in [-0.2, 0) is 13.0 Å². The summed E-state index contributed by atoms with van der Waals surface area (Å²) in [5, 5.41) is 0. The molecule has 0 saturated carbocycles. The molecule has 20 heavy (non-hydrogen) atoms. The van der Waals surface area contributed by atoms with E-state index in [4.69, 9.17) is 4.98 Å². The van der Waals surface area contributed by atoms with Gasteiger partial charge in [-0.25, -0.2) is 4.98 Å². The second-order valence-electron chi connectivity index (χ2n) is 5.69. The molecule has 0 spiro atoms. The molecule has 0 atom stereocenters. The summed E-state index contributed by atoms with van der Waals surface area (Å²) in [6.07, 6.45) is 3.65. The number of aromatic nitrogens is 2. The number of hydrogen-bond donors (Lipinski definition) is 1. The molecule has 1 aliphatic heterocycles. The highest BCUT2D eigenvalue weighted by molar-refractivity contribution is 7.80. The molecule has 1 aromatic carbocycles. The molecule has 2 heterocycles. The van der Waals surface area contributed by atoms with E-state index >= 15 is 0 Å². The first-order chi connectivity index (χ1) is 9.78. The Bertz CT molecular complexity index is 585. The van der Waals surface area contributed by atoms with Crippen LogP contribution >= 0.6 is 12.6 Å². The van der Waals surface area contributed by atoms with Gasteiger partial charge in [0, 0.05) is 19.5 Å². The standard InChI is InChI=1S/C16H23N3S/c1-13-4-5-15-14(12-13)17-16(6-11-20)19(15)10-9-18-7-2-3-8-18/h4-5,12,20H,2-3,6-11H2,1H3. The molecule has 0 amide bonds. The molecular weight excluding hydrogens is 266 g/mol. The van der Waals surface area contributed by atoms with Crippen molar-refractivity contribution in [3.05, 3.63) is 29.6 Å². The Kier molecular flexibility index (Phi) is 4.32. The van der Waals surface area contributed by atoms with Gasteiger partial charge in [0.15, 0.2) is 0 Å². The van der Waals surface area contributed by atoms with E-state index in [1.54, 1.807) is 0 Å². The first kappa shape index (κ1) is 14.0. The second-order valence-corrected chi connectivity index (χ2v) is 6.14. The number of nitrogens with zero attached hydrogens (tertiary/aromatic N) is 3. The summed E-state index contributed by atoms with van der Waals surface area (Å²) < 4.78 is 2.39. The third-order valence-electron chi connectivity index (χ3n) is 4.16. The molecule has 1 aromatic heterocycles. The van der Waals surface area contributed by atoms with Crippen LogP contribution in [0.4, 0.5) is 0 Å². The number of fused-ring (bicyclic) bond motifs is 1. The van der Waals surface area contributed by atoms with E-state index < -0.39 is 0 Å². The van der Waals surface area contributed by atoms with Gasteiger partial charge in [-0.3, -0.25) is 0 Å². The van der Waals surface area contributed by atoms with E-state index in [0.29, 0.717) is 0 Å². The minimum absolute atomic E-state index is 0.853. The molecule has 108 valence electrons. The number of likely N-dealkylation sites (tertiary alicyclic amines) is 1. The van der Waals surface area contributed by atoms with Crippen LogP contribution in [0.2, 0.25) is 0 Å². The monoisotopic (exact) mass is 289 g/mol. The summed E-state index contributed by atoms with van der Waals surface area (Å²) in [6.45, 7) is 6.82. The molecular formula is C16H23N3S. The van der Waals surface area contributed by atoms with Gasteiger partial charge in [0.1, 0.15) is 5.82 Å². The van der Waals surface area contributed by atoms with Crippen LogP contribution < -0.4 is 0 Å². The molecule has 0 bridgehead atoms. The maximum Gasteiger partial charge on any atom is 0.110 e. The van der Waals surface area contributed by atoms with E-state index in [9.17, 15) is 0 Å². The summed E-state index contributed by atoms with van der Waals surface area (Å²) in [5.74, 6) is 2.03. The number of imidazole rings is 1. The Balaban J connectivity index is 1.87. The van der Waals surface area contributed by atoms with Gasteiger partial charge in [-0.1, -0.05) is 6.07 Å². The summed E-state index contributed by atoms with van der Waals surface area (Å²) >= 11 is 4.37. The molecule has 0 radical (unpaired) electrons. The van der Waals surface area contributed by atoms with Crippen molar-refractivity contribution in [3.63, 3.8) is 0 Å². The Morgan fingerprint density at radius 2 is 2.00 bits per heavy atom. The predicted molar refractivity (Wildman–Crippen MR) is 87.7 cm³/mol. The smallest absolute Gasteiger partial charge is 0.110 e. The predicted octanol–water partition coefficient (Wildman–Crippen LogP) is 2.91. The summed E-state index contributed by atoms with van der Waals surface area (Å²) in [4.78, 5) is 7.36. The number of rotatable bonds is 5. The Morgan fingerprint density at radius 1 is 1.20 bits per heavy atom. The molecule has 3 rings (SSSR count). The summed E-state index contributed by atoms with van der Waals surface area (Å²) in [5.41, 5.74) is 3.67. The third-order valence-corrected chi connectivity index (χ3v) is 4.38. The van der Waals surface area contributed by atoms with Gasteiger partial charge in [-0.2, -0.15) is 12.6 Å². The SMILES string of the molecule is Cc1ccc2c(c1)nc(CCS)n2CCN1CCCC1. The van der Waals surface area contributed by atoms with E-state index in [1.165, 1.54) is 42.8 Å². The highest BCUT2D eigenvalue weighted by Crippen LogP contribution is 2.19. The molecule has 0 unspecified atom stereocenters. The van der Waals surface area contributed by atoms with Gasteiger partial charge in [-0.05, 0) is 56.3 Å². The largest absolute Gasteiger partial charge is 0.327 e. The quantitative estimate of drug-likeness (QED) is 0.855. The van der Waals surface area contributed by atoms with Crippen LogP contribution in [-0.4, -0.2) is 39.8 Å². The van der Waals surface area contributed by atoms with Gasteiger partial charge in [0.25, 0.3) is 0 Å². The lowest BCUT2D eigenvalue weighted by molar-refractivity contribution is 0.322. The molecule has 0 aliphatic carbocycles. The zero-order valence-electron chi connectivity index (χ0n) is 12.2. The van der Waals surface area contributed by atoms with Crippen LogP contribution in [0, 0.1) is 6.92 Å². The van der Waals surface area contributed by atoms with Crippen molar-refractivity contribution in [2.75, 3.05) is 25.4 Å². The normalized spacial score (nSPS) is 16.3. The van der Waals surface area contributed by atoms with Crippen molar-refractivity contribution in [1.29, 1.82) is 0 Å². The van der Waals surface area contributed by atoms with Gasteiger partial charge in [0.2, 0.25) is 0 Å². The highest BCUT2D eigenvalue weighted by Gasteiger charge is 2.14. The fraction of sp³-hybridized carbons (Fsp3) is 0.562. The average molecular weight is 289 g/mol. The number of benzene rings is 1. The first-order valence-corrected chi connectivity index (χ1v) is 8.20. The zero-order chi connectivity index (χ0) is 13.9. The maximum absolute atomic E-state index is 4.80. The zero-order valence-corrected chi connectivity index (χ0v) is 13.1. The van der Waals surface area contributed by atoms with Crippen molar-refractivity contribution in [2.45, 2.75) is 32.7 Å². The lowest BCUT2D eigenvalue weighted by Gasteiger charge is -2.16. The molecule has 4 heteroatoms. The van der Waals surface area contributed by atoms with Crippen molar-refractivity contribution >= 4 is 23.7 Å². The van der Waals surface area contributed by atoms with Crippen LogP contribution in [0.5, 0.6) is 0 Å². The van der Waals surface area contributed by atoms with Crippen LogP contribution in [0.1, 0.15) is 24.2 Å². The molecule has 3 nitrogen and oxygen atoms in total. The lowest BCUT2D eigenvalue weighted by Crippen LogP contribution is -2.24. The molecule has 1 saturated heterocycles. The minimum Gasteiger partial charge on any atom is -0.327 e. The topological polar surface area (TPSA) is 21.1 Å². The summed E-state index contributed by atoms with van der Waals surface area (Å²) in [7, 11) is 0. The fourth-order valence-electron chi connectivity index (χ4n) is 3.08. The molecule has 2 aromatic rings. The molecule has 0 N–H and O–H groups in total. The van der Waals surface area contributed by atoms with Gasteiger partial charge in [0.05, 0.1) is 11.0 Å². The van der Waals surface area contributed by atoms with E-state index in [0.717, 1.165) is 30.8 Å². The van der Waals surface area contributed by atoms with E-state index in [-0.39, 0.29) is 0 Å². The van der Waals surface area contributed by atoms with Crippen molar-refractivity contribution in [2.24, 2.45) is 0 Å². The Hall–Kier alpha value is -1.00. The minimum atomic E-state index is 0.853. The fourth-order valence-corrected chi connectivity index (χ4v) is 3.28. The Morgan fingerprint density at radius 3 is 2.75 bits per heavy atom. The number of thiol groups is 1. The summed E-state index contributed by atoms with van der Waals surface area (Å²) in [6, 6.07) is 6.58. The second kappa shape index (κ2) is 6.19. The van der Waals surface area contributed by atoms with Crippen LogP contribution in [0.3, 0.4) is 0 Å². The van der Waals surface area contributed by atoms with Gasteiger partial charge < -0.3 is 9.47 Å². The average Bonchev–Trinajstić information content (AvgIpc) is 3.04. The van der Waals surface area contributed by atoms with Crippen LogP contribution in [0.25, 0.3) is 11.0 Å². The maximum atomic E-state index is 4.80.